The minimum atomic E-state index is -4.54. The minimum Gasteiger partial charge on any atom is -0.426 e. The molecule has 1 fully saturated rings. The van der Waals surface area contributed by atoms with Gasteiger partial charge >= 0.3 is 12.1 Å². The number of rotatable bonds is 5. The van der Waals surface area contributed by atoms with E-state index in [2.05, 4.69) is 0 Å². The number of halogens is 4. The molecule has 2 aromatic rings. The van der Waals surface area contributed by atoms with Crippen molar-refractivity contribution >= 4 is 17.7 Å². The van der Waals surface area contributed by atoms with Gasteiger partial charge in [-0.25, -0.2) is 4.39 Å². The Kier molecular flexibility index (Phi) is 5.67. The number of hydrogen-bond acceptors (Lipinski definition) is 4. The van der Waals surface area contributed by atoms with E-state index in [9.17, 15) is 31.9 Å². The molecule has 1 heterocycles. The van der Waals surface area contributed by atoms with E-state index in [1.807, 2.05) is 0 Å². The normalized spacial score (nSPS) is 16.8. The Morgan fingerprint density at radius 2 is 1.55 bits per heavy atom. The standard InChI is InChI=1S/C20H15F4NO4/c21-15-5-1-12(2-6-15)18(27)13-3-7-16(8-4-13)29-19(28)14-9-17(26)25(10-14)11-20(22,23)24/h1-8,14H,9-11H2. The molecule has 0 N–H and O–H groups in total. The molecule has 29 heavy (non-hydrogen) atoms. The van der Waals surface area contributed by atoms with Gasteiger partial charge in [0.25, 0.3) is 0 Å². The summed E-state index contributed by atoms with van der Waals surface area (Å²) in [5.41, 5.74) is 0.564. The number of hydrogen-bond donors (Lipinski definition) is 0. The van der Waals surface area contributed by atoms with Crippen molar-refractivity contribution in [2.24, 2.45) is 5.92 Å². The van der Waals surface area contributed by atoms with Gasteiger partial charge in [-0.3, -0.25) is 14.4 Å². The minimum absolute atomic E-state index is 0.0902. The molecule has 1 amide bonds. The summed E-state index contributed by atoms with van der Waals surface area (Å²) in [6, 6.07) is 10.5. The van der Waals surface area contributed by atoms with Gasteiger partial charge in [0.05, 0.1) is 5.92 Å². The number of carbonyl (C=O) groups is 3. The maximum absolute atomic E-state index is 12.9. The van der Waals surface area contributed by atoms with Crippen molar-refractivity contribution in [2.45, 2.75) is 12.6 Å². The Balaban J connectivity index is 1.61. The highest BCUT2D eigenvalue weighted by atomic mass is 19.4. The predicted molar refractivity (Wildman–Crippen MR) is 92.7 cm³/mol. The predicted octanol–water partition coefficient (Wildman–Crippen LogP) is 3.37. The van der Waals surface area contributed by atoms with Crippen molar-refractivity contribution in [1.29, 1.82) is 0 Å². The molecule has 0 bridgehead atoms. The van der Waals surface area contributed by atoms with Gasteiger partial charge in [-0.1, -0.05) is 0 Å². The number of likely N-dealkylation sites (tertiary alicyclic amines) is 1. The lowest BCUT2D eigenvalue weighted by Gasteiger charge is -2.18. The van der Waals surface area contributed by atoms with Crippen molar-refractivity contribution in [1.82, 2.24) is 4.90 Å². The fraction of sp³-hybridized carbons (Fsp3) is 0.250. The van der Waals surface area contributed by atoms with Crippen molar-refractivity contribution in [3.63, 3.8) is 0 Å². The summed E-state index contributed by atoms with van der Waals surface area (Å²) < 4.78 is 55.4. The number of benzene rings is 2. The molecule has 1 unspecified atom stereocenters. The summed E-state index contributed by atoms with van der Waals surface area (Å²) in [4.78, 5) is 36.7. The van der Waals surface area contributed by atoms with E-state index < -0.39 is 36.3 Å². The van der Waals surface area contributed by atoms with Gasteiger partial charge in [-0.05, 0) is 48.5 Å². The van der Waals surface area contributed by atoms with Crippen molar-refractivity contribution in [2.75, 3.05) is 13.1 Å². The van der Waals surface area contributed by atoms with E-state index in [-0.39, 0.29) is 35.6 Å². The Hall–Kier alpha value is -3.23. The van der Waals surface area contributed by atoms with Crippen molar-refractivity contribution in [3.8, 4) is 5.75 Å². The third-order valence-electron chi connectivity index (χ3n) is 4.36. The number of esters is 1. The second-order valence-electron chi connectivity index (χ2n) is 6.57. The maximum Gasteiger partial charge on any atom is 0.406 e. The van der Waals surface area contributed by atoms with Crippen LogP contribution in [0.25, 0.3) is 0 Å². The first-order valence-corrected chi connectivity index (χ1v) is 8.59. The lowest BCUT2D eigenvalue weighted by molar-refractivity contribution is -0.157. The highest BCUT2D eigenvalue weighted by molar-refractivity contribution is 6.09. The van der Waals surface area contributed by atoms with Crippen LogP contribution in [0.5, 0.6) is 5.75 Å². The van der Waals surface area contributed by atoms with Crippen LogP contribution in [0.15, 0.2) is 48.5 Å². The number of alkyl halides is 3. The fourth-order valence-corrected chi connectivity index (χ4v) is 2.94. The molecule has 1 aliphatic rings. The van der Waals surface area contributed by atoms with Crippen LogP contribution in [0.2, 0.25) is 0 Å². The SMILES string of the molecule is O=C(c1ccc(F)cc1)c1ccc(OC(=O)C2CC(=O)N(CC(F)(F)F)C2)cc1. The van der Waals surface area contributed by atoms with Gasteiger partial charge < -0.3 is 9.64 Å². The summed E-state index contributed by atoms with van der Waals surface area (Å²) >= 11 is 0. The van der Waals surface area contributed by atoms with Crippen LogP contribution in [-0.4, -0.2) is 41.8 Å². The second kappa shape index (κ2) is 8.02. The molecule has 5 nitrogen and oxygen atoms in total. The molecule has 1 aliphatic heterocycles. The number of carbonyl (C=O) groups excluding carboxylic acids is 3. The zero-order chi connectivity index (χ0) is 21.2. The van der Waals surface area contributed by atoms with Gasteiger partial charge in [0.1, 0.15) is 18.1 Å². The molecule has 0 spiro atoms. The number of ketones is 1. The highest BCUT2D eigenvalue weighted by Crippen LogP contribution is 2.25. The van der Waals surface area contributed by atoms with E-state index >= 15 is 0 Å². The van der Waals surface area contributed by atoms with E-state index in [4.69, 9.17) is 4.74 Å². The molecular formula is C20H15F4NO4. The Morgan fingerprint density at radius 1 is 1.00 bits per heavy atom. The molecule has 0 radical (unpaired) electrons. The summed E-state index contributed by atoms with van der Waals surface area (Å²) in [7, 11) is 0. The molecule has 1 atom stereocenters. The van der Waals surface area contributed by atoms with Crippen LogP contribution < -0.4 is 4.74 Å². The smallest absolute Gasteiger partial charge is 0.406 e. The molecule has 9 heteroatoms. The lowest BCUT2D eigenvalue weighted by atomic mass is 10.0. The topological polar surface area (TPSA) is 63.7 Å². The van der Waals surface area contributed by atoms with Crippen LogP contribution >= 0.6 is 0 Å². The summed E-state index contributed by atoms with van der Waals surface area (Å²) in [5.74, 6) is -3.31. The average Bonchev–Trinajstić information content (AvgIpc) is 3.01. The fourth-order valence-electron chi connectivity index (χ4n) is 2.94. The third kappa shape index (κ3) is 5.18. The molecule has 1 saturated heterocycles. The van der Waals surface area contributed by atoms with Crippen LogP contribution in [0, 0.1) is 11.7 Å². The van der Waals surface area contributed by atoms with Crippen LogP contribution in [0.4, 0.5) is 17.6 Å². The van der Waals surface area contributed by atoms with Crippen LogP contribution in [0.3, 0.4) is 0 Å². The number of nitrogens with zero attached hydrogens (tertiary/aromatic N) is 1. The van der Waals surface area contributed by atoms with Crippen molar-refractivity contribution < 1.29 is 36.7 Å². The average molecular weight is 409 g/mol. The van der Waals surface area contributed by atoms with E-state index in [1.165, 1.54) is 36.4 Å². The molecule has 0 saturated carbocycles. The summed E-state index contributed by atoms with van der Waals surface area (Å²) in [5, 5.41) is 0. The van der Waals surface area contributed by atoms with Gasteiger partial charge in [0.15, 0.2) is 5.78 Å². The number of amides is 1. The van der Waals surface area contributed by atoms with Crippen LogP contribution in [-0.2, 0) is 9.59 Å². The zero-order valence-corrected chi connectivity index (χ0v) is 14.9. The van der Waals surface area contributed by atoms with Gasteiger partial charge in [0.2, 0.25) is 5.91 Å². The third-order valence-corrected chi connectivity index (χ3v) is 4.36. The summed E-state index contributed by atoms with van der Waals surface area (Å²) in [6.45, 7) is -1.77. The van der Waals surface area contributed by atoms with Crippen LogP contribution in [0.1, 0.15) is 22.3 Å². The van der Waals surface area contributed by atoms with Crippen molar-refractivity contribution in [3.05, 3.63) is 65.5 Å². The monoisotopic (exact) mass is 409 g/mol. The first-order chi connectivity index (χ1) is 13.6. The molecule has 0 aliphatic carbocycles. The van der Waals surface area contributed by atoms with E-state index in [1.54, 1.807) is 0 Å². The Bertz CT molecular complexity index is 923. The largest absolute Gasteiger partial charge is 0.426 e. The van der Waals surface area contributed by atoms with Gasteiger partial charge in [0, 0.05) is 24.1 Å². The van der Waals surface area contributed by atoms with E-state index in [0.29, 0.717) is 4.90 Å². The Morgan fingerprint density at radius 3 is 2.10 bits per heavy atom. The van der Waals surface area contributed by atoms with Gasteiger partial charge in [-0.2, -0.15) is 13.2 Å². The highest BCUT2D eigenvalue weighted by Gasteiger charge is 2.41. The molecule has 0 aromatic heterocycles. The molecule has 2 aromatic carbocycles. The first-order valence-electron chi connectivity index (χ1n) is 8.59. The maximum atomic E-state index is 12.9. The second-order valence-corrected chi connectivity index (χ2v) is 6.57. The molecule has 152 valence electrons. The lowest BCUT2D eigenvalue weighted by Crippen LogP contribution is -2.36. The summed E-state index contributed by atoms with van der Waals surface area (Å²) in [6.07, 6.45) is -4.89. The quantitative estimate of drug-likeness (QED) is 0.329. The molecule has 3 rings (SSSR count). The van der Waals surface area contributed by atoms with Gasteiger partial charge in [-0.15, -0.1) is 0 Å². The zero-order valence-electron chi connectivity index (χ0n) is 14.9. The Labute approximate surface area is 162 Å². The molecular weight excluding hydrogens is 394 g/mol. The van der Waals surface area contributed by atoms with E-state index in [0.717, 1.165) is 12.1 Å². The number of ether oxygens (including phenoxy) is 1. The first kappa shape index (κ1) is 20.5.